The number of carbonyl (C=O) groups is 5. The van der Waals surface area contributed by atoms with Crippen LogP contribution in [-0.2, 0) is 42.9 Å². The number of alkyl carbamates (subject to hydrolysis) is 1. The molecule has 3 amide bonds. The summed E-state index contributed by atoms with van der Waals surface area (Å²) in [6.45, 7) is 14.5. The van der Waals surface area contributed by atoms with Crippen molar-refractivity contribution < 1.29 is 57.9 Å². The first kappa shape index (κ1) is 55.5. The van der Waals surface area contributed by atoms with E-state index in [1.807, 2.05) is 0 Å². The molecular weight excluding hydrogens is 835 g/mol. The lowest BCUT2D eigenvalue weighted by atomic mass is 9.84. The van der Waals surface area contributed by atoms with Crippen LogP contribution in [0.25, 0.3) is 0 Å². The van der Waals surface area contributed by atoms with Gasteiger partial charge in [-0.25, -0.2) is 19.4 Å². The number of amidine groups is 1. The van der Waals surface area contributed by atoms with Crippen LogP contribution in [0.3, 0.4) is 0 Å². The number of amides is 3. The van der Waals surface area contributed by atoms with Crippen molar-refractivity contribution in [2.24, 2.45) is 21.5 Å². The minimum absolute atomic E-state index is 0. The van der Waals surface area contributed by atoms with E-state index in [4.69, 9.17) is 35.2 Å². The summed E-state index contributed by atoms with van der Waals surface area (Å²) in [5.74, 6) is -2.35. The number of carboxylic acid groups (broad SMARTS) is 2. The number of nitrogens with one attached hydrogen (secondary N) is 3. The number of carboxylic acids is 2. The normalized spacial score (nSPS) is 26.6. The highest BCUT2D eigenvalue weighted by Crippen LogP contribution is 2.30. The fourth-order valence-electron chi connectivity index (χ4n) is 8.25. The van der Waals surface area contributed by atoms with E-state index in [-0.39, 0.29) is 73.3 Å². The fourth-order valence-corrected chi connectivity index (χ4v) is 8.25. The van der Waals surface area contributed by atoms with Crippen LogP contribution in [0.4, 0.5) is 4.79 Å². The quantitative estimate of drug-likeness (QED) is 0.0654. The van der Waals surface area contributed by atoms with Crippen LogP contribution in [0.1, 0.15) is 87.5 Å². The molecule has 21 heteroatoms. The van der Waals surface area contributed by atoms with Crippen molar-refractivity contribution in [2.45, 2.75) is 142 Å². The number of hydrogen-bond donors (Lipinski definition) is 7. The number of nitrogens with zero attached hydrogens (tertiary/aromatic N) is 4. The third-order valence-corrected chi connectivity index (χ3v) is 10.8. The summed E-state index contributed by atoms with van der Waals surface area (Å²) < 4.78 is 27.2. The number of aliphatic imine (C=N–C) groups is 2. The lowest BCUT2D eigenvalue weighted by Gasteiger charge is -2.44. The Morgan fingerprint density at radius 3 is 1.52 bits per heavy atom. The average molecular weight is 910 g/mol. The molecule has 21 nitrogen and oxygen atoms in total. The van der Waals surface area contributed by atoms with Gasteiger partial charge in [-0.1, -0.05) is 19.6 Å². The molecule has 0 aromatic carbocycles. The maximum absolute atomic E-state index is 12.2. The average Bonchev–Trinajstić information content (AvgIpc) is 3.18. The van der Waals surface area contributed by atoms with Crippen LogP contribution in [0, 0.1) is 0 Å². The number of carbonyl (C=O) groups excluding carboxylic acids is 3. The van der Waals surface area contributed by atoms with Crippen molar-refractivity contribution in [1.29, 1.82) is 0 Å². The highest BCUT2D eigenvalue weighted by atomic mass is 16.6. The van der Waals surface area contributed by atoms with Crippen LogP contribution in [0.15, 0.2) is 33.3 Å². The van der Waals surface area contributed by atoms with E-state index in [0.29, 0.717) is 39.5 Å². The number of guanidine groups is 1. The largest absolute Gasteiger partial charge is 0.478 e. The van der Waals surface area contributed by atoms with Crippen LogP contribution in [0.2, 0.25) is 0 Å². The summed E-state index contributed by atoms with van der Waals surface area (Å²) in [4.78, 5) is 72.8. The first-order chi connectivity index (χ1) is 29.7. The summed E-state index contributed by atoms with van der Waals surface area (Å²) in [6, 6.07) is -2.79. The third-order valence-electron chi connectivity index (χ3n) is 10.8. The van der Waals surface area contributed by atoms with E-state index < -0.39 is 53.8 Å². The maximum Gasteiger partial charge on any atom is 0.413 e. The number of piperidine rings is 2. The van der Waals surface area contributed by atoms with Crippen molar-refractivity contribution in [3.63, 3.8) is 0 Å². The second-order valence-electron chi connectivity index (χ2n) is 17.1. The van der Waals surface area contributed by atoms with Gasteiger partial charge in [0.25, 0.3) is 0 Å². The molecule has 0 aromatic heterocycles. The smallest absolute Gasteiger partial charge is 0.413 e. The molecule has 8 atom stereocenters. The summed E-state index contributed by atoms with van der Waals surface area (Å²) in [7, 11) is 3.24. The first-order valence-electron chi connectivity index (χ1n) is 21.5. The zero-order valence-corrected chi connectivity index (χ0v) is 38.1. The molecule has 4 aliphatic rings. The van der Waals surface area contributed by atoms with Gasteiger partial charge >= 0.3 is 18.0 Å². The van der Waals surface area contributed by atoms with E-state index in [1.54, 1.807) is 54.1 Å². The predicted molar refractivity (Wildman–Crippen MR) is 241 cm³/mol. The van der Waals surface area contributed by atoms with Gasteiger partial charge in [0.1, 0.15) is 11.4 Å². The minimum atomic E-state index is -1.03. The number of nitrogens with two attached hydrogens (primary N) is 2. The van der Waals surface area contributed by atoms with E-state index in [0.717, 1.165) is 38.8 Å². The van der Waals surface area contributed by atoms with Crippen LogP contribution in [0.5, 0.6) is 0 Å². The molecule has 2 saturated heterocycles. The van der Waals surface area contributed by atoms with Crippen LogP contribution in [-0.4, -0.2) is 183 Å². The fraction of sp³-hybridized carbons (Fsp3) is 0.744. The number of ether oxygens (including phenoxy) is 5. The second-order valence-corrected chi connectivity index (χ2v) is 17.1. The van der Waals surface area contributed by atoms with E-state index in [2.05, 4.69) is 35.7 Å². The van der Waals surface area contributed by atoms with Gasteiger partial charge in [0, 0.05) is 65.1 Å². The monoisotopic (exact) mass is 910 g/mol. The van der Waals surface area contributed by atoms with Gasteiger partial charge in [-0.3, -0.25) is 29.7 Å². The van der Waals surface area contributed by atoms with Gasteiger partial charge in [-0.2, -0.15) is 0 Å². The van der Waals surface area contributed by atoms with Crippen LogP contribution >= 0.6 is 0 Å². The number of hydrogen-bond acceptors (Lipinski definition) is 14. The molecular formula is C43H75N9O12. The Morgan fingerprint density at radius 2 is 1.16 bits per heavy atom. The third kappa shape index (κ3) is 18.8. The van der Waals surface area contributed by atoms with E-state index >= 15 is 0 Å². The molecule has 0 aromatic rings. The number of methoxy groups -OCH3 is 2. The topological polar surface area (TPSA) is 291 Å². The molecule has 9 N–H and O–H groups in total. The molecule has 0 radical (unpaired) electrons. The van der Waals surface area contributed by atoms with Crippen molar-refractivity contribution in [2.75, 3.05) is 66.8 Å². The lowest BCUT2D eigenvalue weighted by molar-refractivity contribution is -0.134. The van der Waals surface area contributed by atoms with Gasteiger partial charge < -0.3 is 56.0 Å². The molecule has 64 heavy (non-hydrogen) atoms. The highest BCUT2D eigenvalue weighted by molar-refractivity contribution is 5.94. The summed E-state index contributed by atoms with van der Waals surface area (Å²) in [5, 5.41) is 27.8. The SMILES string of the molecule is C.COCCO[C@H]1CCCN([C@@H]2C=C(C(=O)O)C[C@H](N=C(C)NC(=O)OC(C)(C)C)[C@H]2NC(C)=O)C1.COCCO[C@H]1CCCN([C@@H]2C=C(C(=O)O)C[C@H](N=C(N)N)[C@H]2NC(C)=O)C1. The van der Waals surface area contributed by atoms with Gasteiger partial charge in [-0.05, 0) is 66.5 Å². The van der Waals surface area contributed by atoms with Crippen molar-refractivity contribution >= 4 is 41.6 Å². The summed E-state index contributed by atoms with van der Waals surface area (Å²) in [6.07, 6.45) is 6.64. The molecule has 2 fully saturated rings. The summed E-state index contributed by atoms with van der Waals surface area (Å²) >= 11 is 0. The molecule has 2 aliphatic heterocycles. The van der Waals surface area contributed by atoms with Gasteiger partial charge in [-0.15, -0.1) is 0 Å². The van der Waals surface area contributed by atoms with E-state index in [1.165, 1.54) is 13.8 Å². The van der Waals surface area contributed by atoms with Gasteiger partial charge in [0.05, 0.1) is 74.9 Å². The van der Waals surface area contributed by atoms with Crippen molar-refractivity contribution in [3.8, 4) is 0 Å². The Morgan fingerprint density at radius 1 is 0.734 bits per heavy atom. The van der Waals surface area contributed by atoms with Gasteiger partial charge in [0.15, 0.2) is 5.96 Å². The molecule has 364 valence electrons. The van der Waals surface area contributed by atoms with Crippen LogP contribution < -0.4 is 27.4 Å². The minimum Gasteiger partial charge on any atom is -0.478 e. The Kier molecular flexibility index (Phi) is 23.4. The molecule has 2 heterocycles. The van der Waals surface area contributed by atoms with Crippen molar-refractivity contribution in [1.82, 2.24) is 25.8 Å². The predicted octanol–water partition coefficient (Wildman–Crippen LogP) is 1.39. The maximum atomic E-state index is 12.2. The highest BCUT2D eigenvalue weighted by Gasteiger charge is 2.42. The Labute approximate surface area is 377 Å². The van der Waals surface area contributed by atoms with E-state index in [9.17, 15) is 34.2 Å². The number of rotatable bonds is 16. The molecule has 4 rings (SSSR count). The Balaban J connectivity index is 0.000000444. The molecule has 0 spiro atoms. The van der Waals surface area contributed by atoms with Gasteiger partial charge in [0.2, 0.25) is 11.8 Å². The molecule has 0 bridgehead atoms. The zero-order chi connectivity index (χ0) is 46.9. The first-order valence-corrected chi connectivity index (χ1v) is 21.5. The number of aliphatic carboxylic acids is 2. The second kappa shape index (κ2) is 27.0. The Bertz CT molecular complexity index is 1680. The lowest BCUT2D eigenvalue weighted by Crippen LogP contribution is -2.60. The number of likely N-dealkylation sites (tertiary alicyclic amines) is 2. The Hall–Kier alpha value is -4.67. The standard InChI is InChI=1S/C24H40N4O7.C18H31N5O5.CH4/c1-15(26-23(32)35-24(3,4)5)25-19-12-17(22(30)31)13-20(21(19)27-16(2)29)28-9-7-8-18(14-28)34-11-10-33-6;1-11(24)21-16-14(22-18(19)20)8-12(17(25)26)9-15(16)23-5-3-4-13(10-23)28-7-6-27-2;/h13,18-21H,7-12,14H2,1-6H3,(H,27,29)(H,30,31)(H,25,26,32);9,13-16H,3-8,10H2,1-2H3,(H,21,24)(H,25,26)(H4,19,20,22);1H4/t18-,19-,20+,21+;13-,14-,15+,16+;/m00./s1. The molecule has 0 unspecified atom stereocenters. The zero-order valence-electron chi connectivity index (χ0n) is 38.1. The molecule has 0 saturated carbocycles. The molecule has 2 aliphatic carbocycles. The van der Waals surface area contributed by atoms with Crippen molar-refractivity contribution in [3.05, 3.63) is 23.3 Å². The summed E-state index contributed by atoms with van der Waals surface area (Å²) in [5.41, 5.74) is 10.9.